The van der Waals surface area contributed by atoms with Crippen LogP contribution in [0.3, 0.4) is 0 Å². The molecule has 9 unspecified atom stereocenters. The van der Waals surface area contributed by atoms with E-state index in [9.17, 15) is 4.39 Å². The van der Waals surface area contributed by atoms with E-state index in [1.54, 1.807) is 30.3 Å². The van der Waals surface area contributed by atoms with Gasteiger partial charge >= 0.3 is 0 Å². The van der Waals surface area contributed by atoms with Gasteiger partial charge in [-0.15, -0.1) is 0 Å². The molecule has 5 N–H and O–H groups in total. The number of morpholine rings is 1. The predicted octanol–water partition coefficient (Wildman–Crippen LogP) is 11.7. The van der Waals surface area contributed by atoms with E-state index < -0.39 is 87.9 Å². The molecule has 0 radical (unpaired) electrons. The highest BCUT2D eigenvalue weighted by Crippen LogP contribution is 2.40. The number of nitrogens with one attached hydrogen (secondary N) is 5. The molecule has 0 spiro atoms. The van der Waals surface area contributed by atoms with Crippen molar-refractivity contribution in [1.29, 1.82) is 0 Å². The second-order valence-electron chi connectivity index (χ2n) is 24.3. The molecule has 0 bridgehead atoms. The summed E-state index contributed by atoms with van der Waals surface area (Å²) in [7, 11) is 4.03. The number of rotatable bonds is 31. The number of likely N-dealkylation sites (N-methyl/N-ethyl adjacent to an activating group) is 4. The van der Waals surface area contributed by atoms with E-state index in [4.69, 9.17) is 4.74 Å². The van der Waals surface area contributed by atoms with Crippen molar-refractivity contribution < 1.29 is 44.3 Å². The first kappa shape index (κ1) is 68.5. The van der Waals surface area contributed by atoms with Crippen LogP contribution in [0.4, 0.5) is 45.2 Å². The topological polar surface area (TPSA) is 85.6 Å². The SMILES string of the molecule is CCN(CC)C(CNC(c1cc(F)ccc1F)C(CNC(CNc1cc(F)ccc1F)(c1cccc(F)c1)N1CCOCC1)N(CC)CC)C(NCC(NCC(c1cccc(F)c1)C1CCCN1C)(c1cc(F)ccc1F)C1CCCN1C)c1cccc(F)c1. The molecule has 6 aromatic carbocycles. The smallest absolute Gasteiger partial charge is 0.146 e. The third-order valence-corrected chi connectivity index (χ3v) is 19.4. The van der Waals surface area contributed by atoms with Crippen LogP contribution in [0.5, 0.6) is 0 Å². The van der Waals surface area contributed by atoms with E-state index in [2.05, 4.69) is 58.1 Å². The first-order valence-corrected chi connectivity index (χ1v) is 32.0. The van der Waals surface area contributed by atoms with Crippen LogP contribution < -0.4 is 26.6 Å². The lowest BCUT2D eigenvalue weighted by atomic mass is 9.78. The summed E-state index contributed by atoms with van der Waals surface area (Å²) in [5, 5.41) is 18.5. The van der Waals surface area contributed by atoms with E-state index in [-0.39, 0.29) is 67.3 Å². The molecular weight excluding hydrogens is 1170 g/mol. The van der Waals surface area contributed by atoms with Crippen LogP contribution in [0, 0.1) is 52.4 Å². The van der Waals surface area contributed by atoms with E-state index >= 15 is 35.1 Å². The summed E-state index contributed by atoms with van der Waals surface area (Å²) in [5.74, 6) is -5.72. The molecule has 0 aromatic heterocycles. The Morgan fingerprint density at radius 2 is 1.09 bits per heavy atom. The zero-order valence-electron chi connectivity index (χ0n) is 52.6. The van der Waals surface area contributed by atoms with Crippen molar-refractivity contribution in [2.24, 2.45) is 0 Å². The van der Waals surface area contributed by atoms with Gasteiger partial charge in [0.15, 0.2) is 0 Å². The van der Waals surface area contributed by atoms with Crippen molar-refractivity contribution in [2.45, 2.75) is 107 Å². The largest absolute Gasteiger partial charge is 0.379 e. The van der Waals surface area contributed by atoms with Crippen LogP contribution in [0.25, 0.3) is 0 Å². The van der Waals surface area contributed by atoms with Crippen LogP contribution in [-0.2, 0) is 15.9 Å². The van der Waals surface area contributed by atoms with Crippen molar-refractivity contribution in [1.82, 2.24) is 45.8 Å². The van der Waals surface area contributed by atoms with Crippen molar-refractivity contribution in [3.63, 3.8) is 0 Å². The van der Waals surface area contributed by atoms with Gasteiger partial charge in [0.1, 0.15) is 58.0 Å². The van der Waals surface area contributed by atoms with Crippen LogP contribution in [-0.4, -0.2) is 161 Å². The number of hydrogen-bond acceptors (Lipinski definition) is 11. The molecule has 11 nitrogen and oxygen atoms in total. The summed E-state index contributed by atoms with van der Waals surface area (Å²) in [6, 6.07) is 25.2. The van der Waals surface area contributed by atoms with Gasteiger partial charge in [-0.1, -0.05) is 64.1 Å². The monoisotopic (exact) mass is 1260 g/mol. The van der Waals surface area contributed by atoms with E-state index in [1.807, 2.05) is 46.9 Å². The molecule has 0 aliphatic carbocycles. The average molecular weight is 1260 g/mol. The molecule has 20 heteroatoms. The lowest BCUT2D eigenvalue weighted by Crippen LogP contribution is -2.65. The molecule has 3 saturated heterocycles. The molecule has 0 saturated carbocycles. The number of hydrogen-bond donors (Lipinski definition) is 5. The Balaban J connectivity index is 1.15. The van der Waals surface area contributed by atoms with E-state index in [0.717, 1.165) is 73.8 Å². The van der Waals surface area contributed by atoms with Crippen LogP contribution >= 0.6 is 0 Å². The van der Waals surface area contributed by atoms with Gasteiger partial charge in [0, 0.05) is 86.5 Å². The highest BCUT2D eigenvalue weighted by atomic mass is 19.2. The maximum absolute atomic E-state index is 17.2. The quantitative estimate of drug-likeness (QED) is 0.0270. The summed E-state index contributed by atoms with van der Waals surface area (Å²) < 4.78 is 150. The fourth-order valence-electron chi connectivity index (χ4n) is 14.7. The van der Waals surface area contributed by atoms with E-state index in [0.29, 0.717) is 76.6 Å². The maximum atomic E-state index is 17.2. The molecule has 3 heterocycles. The fraction of sp³-hybridized carbons (Fsp3) is 0.486. The van der Waals surface area contributed by atoms with Crippen LogP contribution in [0.1, 0.15) is 99.2 Å². The fourth-order valence-corrected chi connectivity index (χ4v) is 14.7. The highest BCUT2D eigenvalue weighted by Gasteiger charge is 2.49. The Hall–Kier alpha value is -5.91. The molecule has 488 valence electrons. The zero-order valence-corrected chi connectivity index (χ0v) is 52.6. The summed E-state index contributed by atoms with van der Waals surface area (Å²) in [6.45, 7) is 12.7. The molecule has 3 fully saturated rings. The molecule has 9 rings (SSSR count). The summed E-state index contributed by atoms with van der Waals surface area (Å²) >= 11 is 0. The third kappa shape index (κ3) is 15.9. The van der Waals surface area contributed by atoms with Gasteiger partial charge in [0.05, 0.1) is 37.0 Å². The Labute approximate surface area is 525 Å². The molecule has 6 aromatic rings. The second-order valence-corrected chi connectivity index (χ2v) is 24.3. The van der Waals surface area contributed by atoms with Crippen molar-refractivity contribution in [2.75, 3.05) is 118 Å². The lowest BCUT2D eigenvalue weighted by Gasteiger charge is -2.49. The average Bonchev–Trinajstić information content (AvgIpc) is 1.25. The lowest BCUT2D eigenvalue weighted by molar-refractivity contribution is -0.0382. The summed E-state index contributed by atoms with van der Waals surface area (Å²) in [5.41, 5.74) is -0.990. The standard InChI is InChI=1S/C70H89F9N10O/c1-7-87(8-2)64(67(48-17-12-20-51(72)37-48)82-45-69(66-23-15-31-86(66)6,58-40-54(75)25-28-60(58)78)83-42-57(63-22-14-30-85(63)5)47-16-11-19-50(71)36-47)43-80-68(56-39-53(74)24-27-59(56)77)65(88(9-3)10-4)44-84-70(89-32-34-90-35-33-89,49-18-13-21-52(73)38-49)46-81-62-41-55(76)26-29-61(62)79/h11-13,16-21,24-29,36-41,57,63-68,80-84H,7-10,14-15,22-23,30-35,42-46H2,1-6H3. The molecule has 0 amide bonds. The minimum Gasteiger partial charge on any atom is -0.379 e. The van der Waals surface area contributed by atoms with Gasteiger partial charge in [-0.3, -0.25) is 20.0 Å². The van der Waals surface area contributed by atoms with Gasteiger partial charge < -0.3 is 35.8 Å². The minimum atomic E-state index is -1.39. The molecule has 3 aliphatic rings. The molecule has 9 atom stereocenters. The highest BCUT2D eigenvalue weighted by molar-refractivity contribution is 5.46. The molecular formula is C70H89F9N10O. The van der Waals surface area contributed by atoms with Crippen LogP contribution in [0.15, 0.2) is 127 Å². The number of ether oxygens (including phenoxy) is 1. The number of anilines is 1. The number of benzene rings is 6. The van der Waals surface area contributed by atoms with E-state index in [1.165, 1.54) is 42.5 Å². The molecule has 90 heavy (non-hydrogen) atoms. The first-order chi connectivity index (χ1) is 43.4. The normalized spacial score (nSPS) is 20.1. The summed E-state index contributed by atoms with van der Waals surface area (Å²) in [4.78, 5) is 10.8. The first-order valence-electron chi connectivity index (χ1n) is 32.0. The Kier molecular flexibility index (Phi) is 24.0. The number of likely N-dealkylation sites (tertiary alicyclic amines) is 2. The predicted molar refractivity (Wildman–Crippen MR) is 337 cm³/mol. The number of nitrogens with zero attached hydrogens (tertiary/aromatic N) is 5. The van der Waals surface area contributed by atoms with Gasteiger partial charge in [-0.2, -0.15) is 0 Å². The van der Waals surface area contributed by atoms with Gasteiger partial charge in [0.25, 0.3) is 0 Å². The third-order valence-electron chi connectivity index (χ3n) is 19.4. The van der Waals surface area contributed by atoms with Crippen molar-refractivity contribution in [3.8, 4) is 0 Å². The van der Waals surface area contributed by atoms with Crippen molar-refractivity contribution in [3.05, 3.63) is 208 Å². The minimum absolute atomic E-state index is 0.00776. The second kappa shape index (κ2) is 31.6. The van der Waals surface area contributed by atoms with Gasteiger partial charge in [0.2, 0.25) is 0 Å². The molecule has 3 aliphatic heterocycles. The number of halogens is 9. The maximum Gasteiger partial charge on any atom is 0.146 e. The van der Waals surface area contributed by atoms with Gasteiger partial charge in [-0.25, -0.2) is 39.5 Å². The van der Waals surface area contributed by atoms with Gasteiger partial charge in [-0.05, 0) is 187 Å². The Morgan fingerprint density at radius 1 is 0.522 bits per heavy atom. The summed E-state index contributed by atoms with van der Waals surface area (Å²) in [6.07, 6.45) is 3.13. The van der Waals surface area contributed by atoms with Crippen LogP contribution in [0.2, 0.25) is 0 Å². The zero-order chi connectivity index (χ0) is 64.1. The Bertz CT molecular complexity index is 3260. The Morgan fingerprint density at radius 3 is 1.71 bits per heavy atom. The van der Waals surface area contributed by atoms with Crippen molar-refractivity contribution >= 4 is 5.69 Å².